The molecule has 1 aromatic rings. The van der Waals surface area contributed by atoms with Crippen molar-refractivity contribution in [2.24, 2.45) is 0 Å². The molecule has 0 spiro atoms. The van der Waals surface area contributed by atoms with Crippen molar-refractivity contribution in [2.75, 3.05) is 6.54 Å². The van der Waals surface area contributed by atoms with Gasteiger partial charge in [0.2, 0.25) is 0 Å². The van der Waals surface area contributed by atoms with Gasteiger partial charge in [-0.3, -0.25) is 4.79 Å². The summed E-state index contributed by atoms with van der Waals surface area (Å²) in [7, 11) is 0. The zero-order chi connectivity index (χ0) is 10.8. The summed E-state index contributed by atoms with van der Waals surface area (Å²) in [5, 5.41) is 11.9. The summed E-state index contributed by atoms with van der Waals surface area (Å²) in [4.78, 5) is 11.1. The molecule has 0 bridgehead atoms. The third kappa shape index (κ3) is 1.91. The van der Waals surface area contributed by atoms with E-state index in [4.69, 9.17) is 5.11 Å². The molecule has 1 unspecified atom stereocenters. The van der Waals surface area contributed by atoms with E-state index in [0.717, 1.165) is 0 Å². The average Bonchev–Trinajstić information content (AvgIpc) is 2.65. The fourth-order valence-corrected chi connectivity index (χ4v) is 1.82. The van der Waals surface area contributed by atoms with Gasteiger partial charge in [0, 0.05) is 23.6 Å². The minimum Gasteiger partial charge on any atom is -0.392 e. The van der Waals surface area contributed by atoms with Gasteiger partial charge < -0.3 is 10.4 Å². The lowest BCUT2D eigenvalue weighted by Crippen LogP contribution is -2.15. The van der Waals surface area contributed by atoms with Gasteiger partial charge in [-0.1, -0.05) is 18.2 Å². The molecular formula is C11H12FNO2. The van der Waals surface area contributed by atoms with Crippen molar-refractivity contribution in [2.45, 2.75) is 19.1 Å². The second-order valence-electron chi connectivity index (χ2n) is 3.65. The van der Waals surface area contributed by atoms with Crippen LogP contribution < -0.4 is 5.32 Å². The zero-order valence-corrected chi connectivity index (χ0v) is 8.16. The molecule has 0 aliphatic carbocycles. The number of carbonyl (C=O) groups is 1. The van der Waals surface area contributed by atoms with Gasteiger partial charge in [0.15, 0.2) is 0 Å². The van der Waals surface area contributed by atoms with Gasteiger partial charge in [-0.25, -0.2) is 4.39 Å². The van der Waals surface area contributed by atoms with Crippen LogP contribution in [0.5, 0.6) is 0 Å². The molecule has 1 heterocycles. The Morgan fingerprint density at radius 3 is 2.93 bits per heavy atom. The molecule has 2 N–H and O–H groups in total. The summed E-state index contributed by atoms with van der Waals surface area (Å²) in [6.07, 6.45) is 0.325. The number of carbonyl (C=O) groups excluding carboxylic acids is 1. The number of ketones is 1. The third-order valence-electron chi connectivity index (χ3n) is 2.63. The molecule has 4 heteroatoms. The first-order valence-electron chi connectivity index (χ1n) is 4.85. The number of rotatable bonds is 2. The maximum atomic E-state index is 13.7. The normalized spacial score (nSPS) is 20.9. The summed E-state index contributed by atoms with van der Waals surface area (Å²) in [5.74, 6) is -0.319. The van der Waals surface area contributed by atoms with E-state index >= 15 is 0 Å². The van der Waals surface area contributed by atoms with E-state index in [9.17, 15) is 9.18 Å². The maximum Gasteiger partial charge on any atom is 0.148 e. The van der Waals surface area contributed by atoms with Crippen LogP contribution in [0.4, 0.5) is 4.39 Å². The number of hydrogen-bond acceptors (Lipinski definition) is 3. The van der Waals surface area contributed by atoms with E-state index < -0.39 is 5.82 Å². The zero-order valence-electron chi connectivity index (χ0n) is 8.16. The predicted molar refractivity (Wildman–Crippen MR) is 52.7 cm³/mol. The van der Waals surface area contributed by atoms with E-state index in [1.54, 1.807) is 12.1 Å². The highest BCUT2D eigenvalue weighted by atomic mass is 19.1. The maximum absolute atomic E-state index is 13.7. The first kappa shape index (κ1) is 10.3. The van der Waals surface area contributed by atoms with Crippen LogP contribution in [0.1, 0.15) is 23.6 Å². The highest BCUT2D eigenvalue weighted by molar-refractivity contribution is 5.83. The Morgan fingerprint density at radius 2 is 2.33 bits per heavy atom. The molecule has 80 valence electrons. The van der Waals surface area contributed by atoms with E-state index in [2.05, 4.69) is 5.32 Å². The largest absolute Gasteiger partial charge is 0.392 e. The Bertz CT molecular complexity index is 392. The van der Waals surface area contributed by atoms with E-state index in [-0.39, 0.29) is 24.0 Å². The van der Waals surface area contributed by atoms with Crippen molar-refractivity contribution in [3.05, 3.63) is 35.1 Å². The molecule has 0 amide bonds. The van der Waals surface area contributed by atoms with Crippen molar-refractivity contribution in [1.82, 2.24) is 5.32 Å². The van der Waals surface area contributed by atoms with E-state index in [1.807, 2.05) is 0 Å². The lowest BCUT2D eigenvalue weighted by molar-refractivity contribution is -0.116. The summed E-state index contributed by atoms with van der Waals surface area (Å²) < 4.78 is 13.7. The molecule has 1 fully saturated rings. The van der Waals surface area contributed by atoms with Gasteiger partial charge in [0.05, 0.1) is 13.2 Å². The number of halogens is 1. The van der Waals surface area contributed by atoms with Crippen LogP contribution in [-0.2, 0) is 11.4 Å². The quantitative estimate of drug-likeness (QED) is 0.761. The van der Waals surface area contributed by atoms with E-state index in [0.29, 0.717) is 18.5 Å². The van der Waals surface area contributed by atoms with Crippen LogP contribution in [0.15, 0.2) is 18.2 Å². The molecule has 1 aromatic carbocycles. The van der Waals surface area contributed by atoms with Gasteiger partial charge in [0.25, 0.3) is 0 Å². The second kappa shape index (κ2) is 4.08. The predicted octanol–water partition coefficient (Wildman–Crippen LogP) is 0.922. The number of nitrogens with one attached hydrogen (secondary N) is 1. The Morgan fingerprint density at radius 1 is 1.53 bits per heavy atom. The van der Waals surface area contributed by atoms with Crippen molar-refractivity contribution in [3.8, 4) is 0 Å². The minimum absolute atomic E-state index is 0.0915. The second-order valence-corrected chi connectivity index (χ2v) is 3.65. The van der Waals surface area contributed by atoms with Crippen LogP contribution in [0.3, 0.4) is 0 Å². The molecule has 0 radical (unpaired) electrons. The van der Waals surface area contributed by atoms with Crippen LogP contribution in [0.2, 0.25) is 0 Å². The first-order chi connectivity index (χ1) is 7.22. The first-order valence-corrected chi connectivity index (χ1v) is 4.85. The molecule has 3 nitrogen and oxygen atoms in total. The van der Waals surface area contributed by atoms with Crippen molar-refractivity contribution in [1.29, 1.82) is 0 Å². The van der Waals surface area contributed by atoms with Crippen molar-refractivity contribution >= 4 is 5.78 Å². The van der Waals surface area contributed by atoms with Gasteiger partial charge in [-0.2, -0.15) is 0 Å². The summed E-state index contributed by atoms with van der Waals surface area (Å²) >= 11 is 0. The highest BCUT2D eigenvalue weighted by Crippen LogP contribution is 2.25. The highest BCUT2D eigenvalue weighted by Gasteiger charge is 2.25. The van der Waals surface area contributed by atoms with Crippen LogP contribution in [0, 0.1) is 5.82 Å². The Kier molecular flexibility index (Phi) is 2.79. The summed E-state index contributed by atoms with van der Waals surface area (Å²) in [6.45, 7) is -0.0200. The number of hydrogen-bond donors (Lipinski definition) is 2. The molecule has 1 atom stereocenters. The smallest absolute Gasteiger partial charge is 0.148 e. The molecule has 0 aromatic heterocycles. The molecule has 2 rings (SSSR count). The lowest BCUT2D eigenvalue weighted by atomic mass is 10.0. The SMILES string of the molecule is O=C1CNC(c2cccc(CO)c2F)C1. The topological polar surface area (TPSA) is 49.3 Å². The average molecular weight is 209 g/mol. The monoisotopic (exact) mass is 209 g/mol. The lowest BCUT2D eigenvalue weighted by Gasteiger charge is -2.12. The Hall–Kier alpha value is -1.26. The molecule has 15 heavy (non-hydrogen) atoms. The number of benzene rings is 1. The van der Waals surface area contributed by atoms with Crippen LogP contribution >= 0.6 is 0 Å². The molecule has 1 saturated heterocycles. The number of aliphatic hydroxyl groups is 1. The molecule has 1 aliphatic heterocycles. The number of Topliss-reactive ketones (excluding diaryl/α,β-unsaturated/α-hetero) is 1. The third-order valence-corrected chi connectivity index (χ3v) is 2.63. The van der Waals surface area contributed by atoms with Crippen molar-refractivity contribution in [3.63, 3.8) is 0 Å². The fraction of sp³-hybridized carbons (Fsp3) is 0.364. The van der Waals surface area contributed by atoms with Crippen molar-refractivity contribution < 1.29 is 14.3 Å². The van der Waals surface area contributed by atoms with Crippen LogP contribution in [-0.4, -0.2) is 17.4 Å². The van der Waals surface area contributed by atoms with Gasteiger partial charge in [0.1, 0.15) is 11.6 Å². The van der Waals surface area contributed by atoms with Crippen LogP contribution in [0.25, 0.3) is 0 Å². The van der Waals surface area contributed by atoms with E-state index in [1.165, 1.54) is 6.07 Å². The molecule has 0 saturated carbocycles. The van der Waals surface area contributed by atoms with Gasteiger partial charge in [-0.15, -0.1) is 0 Å². The fourth-order valence-electron chi connectivity index (χ4n) is 1.82. The van der Waals surface area contributed by atoms with Gasteiger partial charge in [-0.05, 0) is 0 Å². The Balaban J connectivity index is 2.32. The molecule has 1 aliphatic rings. The Labute approximate surface area is 86.9 Å². The van der Waals surface area contributed by atoms with Gasteiger partial charge >= 0.3 is 0 Å². The number of aliphatic hydroxyl groups excluding tert-OH is 1. The molecular weight excluding hydrogens is 197 g/mol. The minimum atomic E-state index is -0.410. The summed E-state index contributed by atoms with van der Waals surface area (Å²) in [6, 6.07) is 4.62. The summed E-state index contributed by atoms with van der Waals surface area (Å²) in [5.41, 5.74) is 0.737. The standard InChI is InChI=1S/C11H12FNO2/c12-11-7(6-14)2-1-3-9(11)10-4-8(15)5-13-10/h1-3,10,13-14H,4-6H2.